The molecular formula is C14H10Cl2F2OSe. The monoisotopic (exact) mass is 382 g/mol. The Kier molecular flexibility index (Phi) is 5.05. The van der Waals surface area contributed by atoms with E-state index in [1.807, 2.05) is 0 Å². The number of aliphatic hydroxyl groups is 1. The Balaban J connectivity index is 2.24. The van der Waals surface area contributed by atoms with Crippen molar-refractivity contribution in [1.82, 2.24) is 0 Å². The van der Waals surface area contributed by atoms with Crippen molar-refractivity contribution in [2.24, 2.45) is 0 Å². The molecule has 0 fully saturated rings. The van der Waals surface area contributed by atoms with Gasteiger partial charge < -0.3 is 0 Å². The van der Waals surface area contributed by atoms with Gasteiger partial charge in [-0.15, -0.1) is 0 Å². The second kappa shape index (κ2) is 6.42. The Morgan fingerprint density at radius 1 is 1.05 bits per heavy atom. The molecule has 1 N–H and O–H groups in total. The van der Waals surface area contributed by atoms with Gasteiger partial charge in [-0.25, -0.2) is 0 Å². The standard InChI is InChI=1S/C14H10Cl2F2OSe/c15-9-6-7-11(12(16)8-9)13(19)14(17,18)20-10-4-2-1-3-5-10/h1-8,13,19H. The van der Waals surface area contributed by atoms with E-state index in [1.165, 1.54) is 18.2 Å². The van der Waals surface area contributed by atoms with Gasteiger partial charge in [0.05, 0.1) is 0 Å². The van der Waals surface area contributed by atoms with Gasteiger partial charge in [0.2, 0.25) is 0 Å². The first kappa shape index (κ1) is 15.7. The van der Waals surface area contributed by atoms with Crippen LogP contribution in [0.5, 0.6) is 0 Å². The number of halogens is 4. The third kappa shape index (κ3) is 3.72. The summed E-state index contributed by atoms with van der Waals surface area (Å²) < 4.78 is 28.8. The van der Waals surface area contributed by atoms with Gasteiger partial charge >= 0.3 is 132 Å². The van der Waals surface area contributed by atoms with E-state index in [1.54, 1.807) is 30.3 Å². The van der Waals surface area contributed by atoms with E-state index in [-0.39, 0.29) is 10.6 Å². The molecule has 1 nitrogen and oxygen atoms in total. The summed E-state index contributed by atoms with van der Waals surface area (Å²) >= 11 is 10.4. The molecule has 0 saturated heterocycles. The number of hydrogen-bond donors (Lipinski definition) is 1. The summed E-state index contributed by atoms with van der Waals surface area (Å²) in [5, 5.41) is 10.3. The molecule has 0 aliphatic rings. The predicted octanol–water partition coefficient (Wildman–Crippen LogP) is 3.65. The van der Waals surface area contributed by atoms with E-state index in [0.29, 0.717) is 9.48 Å². The third-order valence-corrected chi connectivity index (χ3v) is 5.24. The van der Waals surface area contributed by atoms with Crippen LogP contribution in [0.25, 0.3) is 0 Å². The molecule has 0 heterocycles. The summed E-state index contributed by atoms with van der Waals surface area (Å²) in [6, 6.07) is 12.5. The molecule has 0 saturated carbocycles. The molecule has 0 aliphatic carbocycles. The van der Waals surface area contributed by atoms with Gasteiger partial charge in [-0.05, 0) is 0 Å². The van der Waals surface area contributed by atoms with Crippen molar-refractivity contribution in [3.05, 3.63) is 64.1 Å². The minimum absolute atomic E-state index is 0.0149. The Bertz CT molecular complexity index is 593. The Hall–Kier alpha value is -0.641. The van der Waals surface area contributed by atoms with E-state index in [9.17, 15) is 13.9 Å². The zero-order valence-corrected chi connectivity index (χ0v) is 13.3. The molecule has 0 spiro atoms. The van der Waals surface area contributed by atoms with Crippen LogP contribution >= 0.6 is 23.2 Å². The number of hydrogen-bond acceptors (Lipinski definition) is 1. The van der Waals surface area contributed by atoms with Gasteiger partial charge in [-0.1, -0.05) is 0 Å². The molecule has 0 bridgehead atoms. The van der Waals surface area contributed by atoms with Crippen LogP contribution in [-0.4, -0.2) is 24.9 Å². The van der Waals surface area contributed by atoms with Crippen LogP contribution in [0, 0.1) is 0 Å². The first-order chi connectivity index (χ1) is 9.40. The third-order valence-electron chi connectivity index (χ3n) is 2.57. The van der Waals surface area contributed by atoms with Crippen molar-refractivity contribution in [3.8, 4) is 0 Å². The molecule has 20 heavy (non-hydrogen) atoms. The average molecular weight is 382 g/mol. The summed E-state index contributed by atoms with van der Waals surface area (Å²) in [5.74, 6) is 0. The quantitative estimate of drug-likeness (QED) is 0.801. The second-order valence-electron chi connectivity index (χ2n) is 4.05. The first-order valence-corrected chi connectivity index (χ1v) is 8.12. The summed E-state index contributed by atoms with van der Waals surface area (Å²) in [4.78, 5) is -3.26. The molecule has 1 unspecified atom stereocenters. The van der Waals surface area contributed by atoms with Crippen molar-refractivity contribution in [2.45, 2.75) is 10.9 Å². The molecule has 0 amide bonds. The van der Waals surface area contributed by atoms with Crippen LogP contribution < -0.4 is 4.46 Å². The predicted molar refractivity (Wildman–Crippen MR) is 78.2 cm³/mol. The van der Waals surface area contributed by atoms with Crippen molar-refractivity contribution >= 4 is 42.6 Å². The molecular weight excluding hydrogens is 372 g/mol. The van der Waals surface area contributed by atoms with Crippen LogP contribution in [0.3, 0.4) is 0 Å². The zero-order valence-electron chi connectivity index (χ0n) is 10.1. The van der Waals surface area contributed by atoms with E-state index < -0.39 is 25.9 Å². The van der Waals surface area contributed by atoms with Gasteiger partial charge in [0.25, 0.3) is 0 Å². The molecule has 0 radical (unpaired) electrons. The minimum atomic E-state index is -3.26. The number of alkyl halides is 2. The average Bonchev–Trinajstić information content (AvgIpc) is 2.38. The fraction of sp³-hybridized carbons (Fsp3) is 0.143. The van der Waals surface area contributed by atoms with Crippen LogP contribution in [0.2, 0.25) is 10.0 Å². The van der Waals surface area contributed by atoms with Gasteiger partial charge in [0.15, 0.2) is 0 Å². The summed E-state index contributed by atoms with van der Waals surface area (Å²) in [5.41, 5.74) is -0.0149. The Morgan fingerprint density at radius 3 is 2.30 bits per heavy atom. The topological polar surface area (TPSA) is 20.2 Å². The molecule has 0 aromatic heterocycles. The number of rotatable bonds is 4. The second-order valence-corrected chi connectivity index (χ2v) is 7.45. The maximum atomic E-state index is 14.2. The van der Waals surface area contributed by atoms with E-state index >= 15 is 0 Å². The van der Waals surface area contributed by atoms with Gasteiger partial charge in [0, 0.05) is 0 Å². The summed E-state index contributed by atoms with van der Waals surface area (Å²) in [6.07, 6.45) is -1.95. The first-order valence-electron chi connectivity index (χ1n) is 5.65. The SMILES string of the molecule is OC(c1ccc(Cl)cc1Cl)C(F)(F)[Se]c1ccccc1. The van der Waals surface area contributed by atoms with Crippen molar-refractivity contribution in [3.63, 3.8) is 0 Å². The van der Waals surface area contributed by atoms with E-state index in [0.717, 1.165) is 0 Å². The van der Waals surface area contributed by atoms with Gasteiger partial charge in [-0.3, -0.25) is 0 Å². The molecule has 2 rings (SSSR count). The fourth-order valence-electron chi connectivity index (χ4n) is 1.61. The van der Waals surface area contributed by atoms with Crippen LogP contribution in [0.4, 0.5) is 8.78 Å². The van der Waals surface area contributed by atoms with Crippen molar-refractivity contribution in [2.75, 3.05) is 0 Å². The fourth-order valence-corrected chi connectivity index (χ4v) is 3.89. The van der Waals surface area contributed by atoms with E-state index in [4.69, 9.17) is 23.2 Å². The Morgan fingerprint density at radius 2 is 1.70 bits per heavy atom. The summed E-state index contributed by atoms with van der Waals surface area (Å²) in [7, 11) is 0. The molecule has 1 atom stereocenters. The molecule has 106 valence electrons. The number of aliphatic hydroxyl groups excluding tert-OH is 1. The van der Waals surface area contributed by atoms with Crippen molar-refractivity contribution < 1.29 is 13.9 Å². The molecule has 0 aliphatic heterocycles. The summed E-state index contributed by atoms with van der Waals surface area (Å²) in [6.45, 7) is 0. The van der Waals surface area contributed by atoms with Crippen molar-refractivity contribution in [1.29, 1.82) is 0 Å². The zero-order chi connectivity index (χ0) is 14.8. The van der Waals surface area contributed by atoms with Gasteiger partial charge in [0.1, 0.15) is 0 Å². The Labute approximate surface area is 131 Å². The van der Waals surface area contributed by atoms with Crippen LogP contribution in [0.15, 0.2) is 48.5 Å². The number of benzene rings is 2. The maximum absolute atomic E-state index is 14.2. The van der Waals surface area contributed by atoms with Crippen LogP contribution in [-0.2, 0) is 0 Å². The molecule has 2 aromatic carbocycles. The van der Waals surface area contributed by atoms with Gasteiger partial charge in [-0.2, -0.15) is 0 Å². The van der Waals surface area contributed by atoms with E-state index in [2.05, 4.69) is 0 Å². The molecule has 6 heteroatoms. The molecule has 2 aromatic rings. The van der Waals surface area contributed by atoms with Crippen LogP contribution in [0.1, 0.15) is 11.7 Å². The normalized spacial score (nSPS) is 13.2.